The lowest BCUT2D eigenvalue weighted by atomic mass is 10.1. The van der Waals surface area contributed by atoms with Gasteiger partial charge in [-0.05, 0) is 57.8 Å². The predicted molar refractivity (Wildman–Crippen MR) is 212 cm³/mol. The monoisotopic (exact) mass is 728 g/mol. The number of quaternary nitrogens is 1. The van der Waals surface area contributed by atoms with Crippen molar-refractivity contribution < 1.29 is 32.9 Å². The molecule has 0 radical (unpaired) electrons. The summed E-state index contributed by atoms with van der Waals surface area (Å²) in [6, 6.07) is -0.863. The fourth-order valence-corrected chi connectivity index (χ4v) is 6.26. The molecule has 8 nitrogen and oxygen atoms in total. The number of carbonyl (C=O) groups excluding carboxylic acids is 1. The first kappa shape index (κ1) is 48.7. The van der Waals surface area contributed by atoms with E-state index >= 15 is 0 Å². The second kappa shape index (κ2) is 33.5. The number of nitrogens with one attached hydrogen (secondary N) is 1. The first-order valence-electron chi connectivity index (χ1n) is 20.4. The standard InChI is InChI=1S/C41H79N2O6P/c1-6-8-10-12-14-16-18-19-20-21-22-23-24-25-27-29-31-33-35-41(45)42-39(38-49-50(46,47)48-37-36-43(3,4)5)40(44)34-32-30-28-26-17-15-13-11-9-7-2/h17,22-23,26,32,34,39-40,44H,6-16,18-21,24-25,27-31,33,35-38H2,1-5H3,(H-,42,45,46,47)/p+1/b23-22-,26-17+,34-32+. The lowest BCUT2D eigenvalue weighted by Crippen LogP contribution is -2.45. The van der Waals surface area contributed by atoms with Crippen molar-refractivity contribution in [3.8, 4) is 0 Å². The maximum atomic E-state index is 12.8. The summed E-state index contributed by atoms with van der Waals surface area (Å²) in [6.07, 6.45) is 39.3. The van der Waals surface area contributed by atoms with Crippen molar-refractivity contribution >= 4 is 13.7 Å². The van der Waals surface area contributed by atoms with Gasteiger partial charge in [-0.1, -0.05) is 140 Å². The second-order valence-corrected chi connectivity index (χ2v) is 16.5. The molecule has 0 aliphatic rings. The van der Waals surface area contributed by atoms with Gasteiger partial charge in [0.25, 0.3) is 0 Å². The number of aliphatic hydroxyl groups excluding tert-OH is 1. The summed E-state index contributed by atoms with van der Waals surface area (Å²) >= 11 is 0. The molecule has 1 amide bonds. The van der Waals surface area contributed by atoms with Crippen molar-refractivity contribution in [3.05, 3.63) is 36.5 Å². The molecule has 0 saturated heterocycles. The first-order chi connectivity index (χ1) is 24.0. The van der Waals surface area contributed by atoms with Gasteiger partial charge in [0, 0.05) is 6.42 Å². The molecule has 0 spiro atoms. The van der Waals surface area contributed by atoms with Crippen LogP contribution in [0.25, 0.3) is 0 Å². The fraction of sp³-hybridized carbons (Fsp3) is 0.829. The second-order valence-electron chi connectivity index (χ2n) is 15.0. The Kier molecular flexibility index (Phi) is 32.7. The summed E-state index contributed by atoms with van der Waals surface area (Å²) in [4.78, 5) is 23.0. The molecule has 0 bridgehead atoms. The minimum Gasteiger partial charge on any atom is -0.387 e. The largest absolute Gasteiger partial charge is 0.472 e. The number of hydrogen-bond donors (Lipinski definition) is 3. The summed E-state index contributed by atoms with van der Waals surface area (Å²) in [5, 5.41) is 13.7. The highest BCUT2D eigenvalue weighted by Crippen LogP contribution is 2.43. The van der Waals surface area contributed by atoms with Gasteiger partial charge in [0.15, 0.2) is 0 Å². The fourth-order valence-electron chi connectivity index (χ4n) is 5.52. The van der Waals surface area contributed by atoms with Crippen molar-refractivity contribution in [1.82, 2.24) is 5.32 Å². The molecule has 0 aromatic heterocycles. The minimum absolute atomic E-state index is 0.0541. The molecular weight excluding hydrogens is 647 g/mol. The number of phosphoric ester groups is 1. The number of phosphoric acid groups is 1. The molecule has 294 valence electrons. The van der Waals surface area contributed by atoms with E-state index in [1.54, 1.807) is 6.08 Å². The molecular formula is C41H80N2O6P+. The third kappa shape index (κ3) is 35.1. The van der Waals surface area contributed by atoms with E-state index in [0.717, 1.165) is 51.4 Å². The number of allylic oxidation sites excluding steroid dienone is 5. The minimum atomic E-state index is -4.34. The van der Waals surface area contributed by atoms with Gasteiger partial charge in [0.05, 0.1) is 39.9 Å². The Bertz CT molecular complexity index is 917. The number of hydrogen-bond acceptors (Lipinski definition) is 5. The summed E-state index contributed by atoms with van der Waals surface area (Å²) in [6.45, 7) is 4.73. The summed E-state index contributed by atoms with van der Waals surface area (Å²) in [5.74, 6) is -0.199. The smallest absolute Gasteiger partial charge is 0.387 e. The Morgan fingerprint density at radius 1 is 0.660 bits per heavy atom. The molecule has 0 aromatic carbocycles. The van der Waals surface area contributed by atoms with Crippen LogP contribution in [0, 0.1) is 0 Å². The van der Waals surface area contributed by atoms with Gasteiger partial charge < -0.3 is 19.8 Å². The molecule has 0 aliphatic heterocycles. The Labute approximate surface area is 308 Å². The van der Waals surface area contributed by atoms with Crippen LogP contribution < -0.4 is 5.32 Å². The molecule has 50 heavy (non-hydrogen) atoms. The van der Waals surface area contributed by atoms with Gasteiger partial charge in [0.1, 0.15) is 13.2 Å². The normalized spacial score (nSPS) is 14.9. The van der Waals surface area contributed by atoms with Crippen LogP contribution in [0.4, 0.5) is 0 Å². The van der Waals surface area contributed by atoms with E-state index in [9.17, 15) is 19.4 Å². The molecule has 0 rings (SSSR count). The van der Waals surface area contributed by atoms with E-state index in [-0.39, 0.29) is 19.1 Å². The highest BCUT2D eigenvalue weighted by molar-refractivity contribution is 7.47. The number of rotatable bonds is 36. The number of unbranched alkanes of at least 4 members (excludes halogenated alkanes) is 19. The maximum Gasteiger partial charge on any atom is 0.472 e. The molecule has 0 fully saturated rings. The average Bonchev–Trinajstić information content (AvgIpc) is 3.06. The van der Waals surface area contributed by atoms with Crippen molar-refractivity contribution in [3.63, 3.8) is 0 Å². The molecule has 3 unspecified atom stereocenters. The van der Waals surface area contributed by atoms with Gasteiger partial charge in [-0.15, -0.1) is 0 Å². The number of aliphatic hydroxyl groups is 1. The molecule has 0 aliphatic carbocycles. The highest BCUT2D eigenvalue weighted by Gasteiger charge is 2.27. The van der Waals surface area contributed by atoms with Gasteiger partial charge >= 0.3 is 7.82 Å². The van der Waals surface area contributed by atoms with E-state index < -0.39 is 20.0 Å². The van der Waals surface area contributed by atoms with Crippen LogP contribution in [0.3, 0.4) is 0 Å². The zero-order valence-electron chi connectivity index (χ0n) is 33.1. The quantitative estimate of drug-likeness (QED) is 0.0257. The third-order valence-electron chi connectivity index (χ3n) is 8.83. The van der Waals surface area contributed by atoms with Crippen LogP contribution in [0.5, 0.6) is 0 Å². The van der Waals surface area contributed by atoms with E-state index in [1.807, 2.05) is 27.2 Å². The predicted octanol–water partition coefficient (Wildman–Crippen LogP) is 10.7. The summed E-state index contributed by atoms with van der Waals surface area (Å²) in [5.41, 5.74) is 0. The number of amides is 1. The SMILES string of the molecule is CCCCCC/C=C/CC/C=C/C(O)C(COP(=O)(O)OCC[N+](C)(C)C)NC(=O)CCCCCCC/C=C\CCCCCCCCCCC. The zero-order chi connectivity index (χ0) is 37.2. The maximum absolute atomic E-state index is 12.8. The Morgan fingerprint density at radius 2 is 1.10 bits per heavy atom. The van der Waals surface area contributed by atoms with Gasteiger partial charge in [-0.3, -0.25) is 13.8 Å². The Morgan fingerprint density at radius 3 is 1.62 bits per heavy atom. The third-order valence-corrected chi connectivity index (χ3v) is 9.82. The molecule has 9 heteroatoms. The van der Waals surface area contributed by atoms with Crippen LogP contribution in [-0.4, -0.2) is 73.4 Å². The lowest BCUT2D eigenvalue weighted by Gasteiger charge is -2.25. The van der Waals surface area contributed by atoms with Crippen LogP contribution in [0.1, 0.15) is 168 Å². The van der Waals surface area contributed by atoms with E-state index in [0.29, 0.717) is 17.4 Å². The van der Waals surface area contributed by atoms with E-state index in [4.69, 9.17) is 9.05 Å². The van der Waals surface area contributed by atoms with Crippen LogP contribution in [0.15, 0.2) is 36.5 Å². The Balaban J connectivity index is 4.45. The van der Waals surface area contributed by atoms with E-state index in [2.05, 4.69) is 43.5 Å². The molecule has 0 heterocycles. The Hall–Kier alpha value is -1.28. The van der Waals surface area contributed by atoms with Gasteiger partial charge in [-0.2, -0.15) is 0 Å². The van der Waals surface area contributed by atoms with Gasteiger partial charge in [0.2, 0.25) is 5.91 Å². The van der Waals surface area contributed by atoms with Crippen molar-refractivity contribution in [2.75, 3.05) is 40.9 Å². The molecule has 3 N–H and O–H groups in total. The van der Waals surface area contributed by atoms with E-state index in [1.165, 1.54) is 96.3 Å². The summed E-state index contributed by atoms with van der Waals surface area (Å²) in [7, 11) is 1.54. The van der Waals surface area contributed by atoms with Crippen LogP contribution in [-0.2, 0) is 18.4 Å². The average molecular weight is 728 g/mol. The highest BCUT2D eigenvalue weighted by atomic mass is 31.2. The number of carbonyl (C=O) groups is 1. The number of nitrogens with zero attached hydrogens (tertiary/aromatic N) is 1. The summed E-state index contributed by atoms with van der Waals surface area (Å²) < 4.78 is 23.4. The van der Waals surface area contributed by atoms with Crippen LogP contribution >= 0.6 is 7.82 Å². The van der Waals surface area contributed by atoms with Crippen LogP contribution in [0.2, 0.25) is 0 Å². The molecule has 3 atom stereocenters. The van der Waals surface area contributed by atoms with Crippen molar-refractivity contribution in [1.29, 1.82) is 0 Å². The number of likely N-dealkylation sites (N-methyl/N-ethyl adjacent to an activating group) is 1. The van der Waals surface area contributed by atoms with Crippen molar-refractivity contribution in [2.45, 2.75) is 180 Å². The molecule has 0 aromatic rings. The zero-order valence-corrected chi connectivity index (χ0v) is 34.0. The topological polar surface area (TPSA) is 105 Å². The van der Waals surface area contributed by atoms with Crippen molar-refractivity contribution in [2.24, 2.45) is 0 Å². The lowest BCUT2D eigenvalue weighted by molar-refractivity contribution is -0.870. The van der Waals surface area contributed by atoms with Gasteiger partial charge in [-0.25, -0.2) is 4.57 Å². The molecule has 0 saturated carbocycles. The first-order valence-corrected chi connectivity index (χ1v) is 21.9.